The zero-order valence-corrected chi connectivity index (χ0v) is 14.8. The summed E-state index contributed by atoms with van der Waals surface area (Å²) >= 11 is 5.97. The highest BCUT2D eigenvalue weighted by Gasteiger charge is 2.28. The minimum Gasteiger partial charge on any atom is -0.428 e. The second-order valence-corrected chi connectivity index (χ2v) is 8.01. The van der Waals surface area contributed by atoms with Crippen LogP contribution < -0.4 is 14.7 Å². The Morgan fingerprint density at radius 2 is 1.58 bits per heavy atom. The molecule has 0 bridgehead atoms. The summed E-state index contributed by atoms with van der Waals surface area (Å²) in [7, 11) is -2.44. The van der Waals surface area contributed by atoms with E-state index < -0.39 is 7.58 Å². The van der Waals surface area contributed by atoms with Crippen LogP contribution in [-0.4, -0.2) is 6.54 Å². The monoisotopic (exact) mass is 357 g/mol. The molecule has 0 radical (unpaired) electrons. The van der Waals surface area contributed by atoms with Gasteiger partial charge >= 0.3 is 7.58 Å². The number of nitrogens with zero attached hydrogens (tertiary/aromatic N) is 1. The Hall–Kier alpha value is -2.16. The van der Waals surface area contributed by atoms with Crippen molar-refractivity contribution in [1.29, 1.82) is 0 Å². The second-order valence-electron chi connectivity index (χ2n) is 5.51. The van der Waals surface area contributed by atoms with E-state index in [0.717, 1.165) is 17.1 Å². The predicted molar refractivity (Wildman–Crippen MR) is 103 cm³/mol. The first kappa shape index (κ1) is 15.4. The lowest BCUT2D eigenvalue weighted by Crippen LogP contribution is -2.17. The molecule has 0 amide bonds. The molecule has 24 heavy (non-hydrogen) atoms. The third kappa shape index (κ3) is 2.72. The molecule has 4 rings (SSSR count). The molecule has 0 saturated heterocycles. The van der Waals surface area contributed by atoms with E-state index in [-0.39, 0.29) is 0 Å². The molecule has 0 atom stereocenters. The summed E-state index contributed by atoms with van der Waals surface area (Å²) in [5.41, 5.74) is 2.09. The van der Waals surface area contributed by atoms with E-state index in [4.69, 9.17) is 20.9 Å². The van der Waals surface area contributed by atoms with Gasteiger partial charge in [0.2, 0.25) is 0 Å². The first-order valence-electron chi connectivity index (χ1n) is 7.81. The molecule has 0 spiro atoms. The van der Waals surface area contributed by atoms with Crippen molar-refractivity contribution in [1.82, 2.24) is 0 Å². The highest BCUT2D eigenvalue weighted by atomic mass is 35.5. The lowest BCUT2D eigenvalue weighted by atomic mass is 10.1. The van der Waals surface area contributed by atoms with E-state index in [0.29, 0.717) is 11.6 Å². The van der Waals surface area contributed by atoms with Crippen LogP contribution in [0.3, 0.4) is 0 Å². The van der Waals surface area contributed by atoms with Crippen LogP contribution in [0.15, 0.2) is 65.4 Å². The largest absolute Gasteiger partial charge is 0.428 e. The summed E-state index contributed by atoms with van der Waals surface area (Å²) < 4.78 is 11.0. The van der Waals surface area contributed by atoms with Gasteiger partial charge in [0.25, 0.3) is 0 Å². The number of anilines is 2. The van der Waals surface area contributed by atoms with Gasteiger partial charge in [0, 0.05) is 17.0 Å². The molecule has 0 aliphatic carbocycles. The van der Waals surface area contributed by atoms with Crippen LogP contribution in [0.25, 0.3) is 10.8 Å². The highest BCUT2D eigenvalue weighted by Crippen LogP contribution is 2.56. The van der Waals surface area contributed by atoms with E-state index in [9.17, 15) is 0 Å². The number of benzene rings is 3. The minimum absolute atomic E-state index is 0.652. The summed E-state index contributed by atoms with van der Waals surface area (Å²) in [5, 5.41) is 10.1. The molecule has 0 unspecified atom stereocenters. The van der Waals surface area contributed by atoms with Gasteiger partial charge in [-0.15, -0.1) is 0 Å². The Morgan fingerprint density at radius 1 is 0.958 bits per heavy atom. The van der Waals surface area contributed by atoms with Gasteiger partial charge < -0.3 is 14.7 Å². The van der Waals surface area contributed by atoms with Crippen molar-refractivity contribution >= 4 is 41.3 Å². The van der Waals surface area contributed by atoms with Crippen LogP contribution >= 0.6 is 19.2 Å². The first-order chi connectivity index (χ1) is 11.7. The molecule has 1 aliphatic rings. The fourth-order valence-electron chi connectivity index (χ4n) is 2.87. The molecular weight excluding hydrogens is 341 g/mol. The fraction of sp³-hybridized carbons (Fsp3) is 0.111. The van der Waals surface area contributed by atoms with Gasteiger partial charge in [0.15, 0.2) is 0 Å². The lowest BCUT2D eigenvalue weighted by Gasteiger charge is -2.33. The summed E-state index contributed by atoms with van der Waals surface area (Å²) in [6, 6.07) is 19.8. The molecule has 0 aromatic heterocycles. The van der Waals surface area contributed by atoms with Crippen molar-refractivity contribution in [3.05, 3.63) is 65.7 Å². The Morgan fingerprint density at radius 3 is 2.17 bits per heavy atom. The molecule has 0 fully saturated rings. The molecule has 6 heteroatoms. The van der Waals surface area contributed by atoms with Crippen LogP contribution in [0.1, 0.15) is 6.92 Å². The predicted octanol–water partition coefficient (Wildman–Crippen LogP) is 6.38. The molecule has 4 nitrogen and oxygen atoms in total. The molecule has 122 valence electrons. The Bertz CT molecular complexity index is 911. The third-order valence-electron chi connectivity index (χ3n) is 3.84. The van der Waals surface area contributed by atoms with Gasteiger partial charge in [-0.2, -0.15) is 0 Å². The summed E-state index contributed by atoms with van der Waals surface area (Å²) in [4.78, 5) is 0. The van der Waals surface area contributed by atoms with Crippen LogP contribution in [0, 0.1) is 0 Å². The van der Waals surface area contributed by atoms with Gasteiger partial charge in [0.1, 0.15) is 5.75 Å². The average molecular weight is 358 g/mol. The lowest BCUT2D eigenvalue weighted by molar-refractivity contribution is 0.609. The maximum absolute atomic E-state index is 6.29. The van der Waals surface area contributed by atoms with Crippen molar-refractivity contribution in [2.75, 3.05) is 16.7 Å². The van der Waals surface area contributed by atoms with Crippen LogP contribution in [0.4, 0.5) is 11.4 Å². The molecular formula is C18H17ClN3OP. The number of rotatable bonds is 3. The number of halogens is 1. The van der Waals surface area contributed by atoms with E-state index >= 15 is 0 Å². The maximum atomic E-state index is 6.29. The topological polar surface area (TPSA) is 45.6 Å². The standard InChI is InChI=1S/C18H17ClN3OP/c1-2-20-24(23-15-11-9-14(19)10-12-15)21-16-7-3-5-13-6-4-8-17(22-24)18(13)16/h3-12,21-22H,2H2,1H3. The quantitative estimate of drug-likeness (QED) is 0.535. The minimum atomic E-state index is -2.44. The first-order valence-corrected chi connectivity index (χ1v) is 9.84. The fourth-order valence-corrected chi connectivity index (χ4v) is 5.20. The van der Waals surface area contributed by atoms with Crippen molar-refractivity contribution in [3.63, 3.8) is 0 Å². The Labute approximate surface area is 146 Å². The van der Waals surface area contributed by atoms with Crippen molar-refractivity contribution in [3.8, 4) is 5.75 Å². The van der Waals surface area contributed by atoms with Gasteiger partial charge in [-0.05, 0) is 48.7 Å². The van der Waals surface area contributed by atoms with Gasteiger partial charge in [-0.1, -0.05) is 35.9 Å². The van der Waals surface area contributed by atoms with E-state index in [1.807, 2.05) is 43.3 Å². The molecule has 1 aliphatic heterocycles. The summed E-state index contributed by atoms with van der Waals surface area (Å²) in [6.45, 7) is 2.66. The number of hydrogen-bond acceptors (Lipinski definition) is 2. The SMILES string of the molecule is CCN=P1(Oc2ccc(Cl)cc2)Nc2cccc3cccc(c23)N1. The smallest absolute Gasteiger partial charge is 0.326 e. The second kappa shape index (κ2) is 6.04. The zero-order valence-electron chi connectivity index (χ0n) is 13.2. The van der Waals surface area contributed by atoms with Crippen molar-refractivity contribution < 1.29 is 4.52 Å². The average Bonchev–Trinajstić information content (AvgIpc) is 2.58. The van der Waals surface area contributed by atoms with Crippen LogP contribution in [0.5, 0.6) is 5.75 Å². The van der Waals surface area contributed by atoms with Gasteiger partial charge in [-0.25, -0.2) is 4.74 Å². The molecule has 3 aromatic rings. The van der Waals surface area contributed by atoms with Crippen LogP contribution in [-0.2, 0) is 0 Å². The van der Waals surface area contributed by atoms with E-state index in [2.05, 4.69) is 34.4 Å². The normalized spacial score (nSPS) is 14.6. The number of nitrogens with one attached hydrogen (secondary N) is 2. The third-order valence-corrected chi connectivity index (χ3v) is 6.34. The Kier molecular flexibility index (Phi) is 3.87. The molecule has 0 saturated carbocycles. The zero-order chi connectivity index (χ0) is 16.6. The van der Waals surface area contributed by atoms with Crippen molar-refractivity contribution in [2.24, 2.45) is 4.74 Å². The summed E-state index contributed by atoms with van der Waals surface area (Å²) in [5.74, 6) is 0.733. The number of hydrogen-bond donors (Lipinski definition) is 2. The van der Waals surface area contributed by atoms with E-state index in [1.165, 1.54) is 10.8 Å². The Balaban J connectivity index is 1.80. The highest BCUT2D eigenvalue weighted by molar-refractivity contribution is 7.65. The van der Waals surface area contributed by atoms with Crippen molar-refractivity contribution in [2.45, 2.75) is 6.92 Å². The van der Waals surface area contributed by atoms with Gasteiger partial charge in [0.05, 0.1) is 11.4 Å². The summed E-state index contributed by atoms with van der Waals surface area (Å²) in [6.07, 6.45) is 0. The van der Waals surface area contributed by atoms with Crippen LogP contribution in [0.2, 0.25) is 5.02 Å². The van der Waals surface area contributed by atoms with Gasteiger partial charge in [-0.3, -0.25) is 0 Å². The molecule has 3 aromatic carbocycles. The molecule has 2 N–H and O–H groups in total. The molecule has 1 heterocycles. The van der Waals surface area contributed by atoms with E-state index in [1.54, 1.807) is 0 Å². The maximum Gasteiger partial charge on any atom is 0.326 e.